The second-order valence-electron chi connectivity index (χ2n) is 5.15. The first-order valence-electron chi connectivity index (χ1n) is 5.61. The van der Waals surface area contributed by atoms with Crippen molar-refractivity contribution in [2.75, 3.05) is 0 Å². The third-order valence-electron chi connectivity index (χ3n) is 2.70. The molecule has 0 saturated carbocycles. The molecule has 0 amide bonds. The van der Waals surface area contributed by atoms with E-state index in [2.05, 4.69) is 18.9 Å². The number of rotatable bonds is 3. The average molecular weight is 224 g/mol. The van der Waals surface area contributed by atoms with Crippen LogP contribution in [0.25, 0.3) is 0 Å². The highest BCUT2D eigenvalue weighted by atomic mass is 16.4. The fraction of sp³-hybridized carbons (Fsp3) is 0.667. The van der Waals surface area contributed by atoms with Gasteiger partial charge in [-0.1, -0.05) is 13.8 Å². The van der Waals surface area contributed by atoms with Crippen molar-refractivity contribution in [3.8, 4) is 0 Å². The molecule has 16 heavy (non-hydrogen) atoms. The van der Waals surface area contributed by atoms with Crippen LogP contribution < -0.4 is 0 Å². The molecule has 1 heterocycles. The monoisotopic (exact) mass is 224 g/mol. The Morgan fingerprint density at radius 3 is 2.44 bits per heavy atom. The van der Waals surface area contributed by atoms with Gasteiger partial charge < -0.3 is 5.11 Å². The molecule has 0 aliphatic heterocycles. The van der Waals surface area contributed by atoms with E-state index in [4.69, 9.17) is 5.11 Å². The fourth-order valence-electron chi connectivity index (χ4n) is 1.51. The Kier molecular flexibility index (Phi) is 3.41. The molecule has 0 aromatic carbocycles. The first-order chi connectivity index (χ1) is 7.27. The third-order valence-corrected chi connectivity index (χ3v) is 2.70. The lowest BCUT2D eigenvalue weighted by atomic mass is 10.1. The summed E-state index contributed by atoms with van der Waals surface area (Å²) in [6.45, 7) is 9.98. The normalized spacial score (nSPS) is 13.8. The van der Waals surface area contributed by atoms with E-state index in [1.807, 2.05) is 20.8 Å². The highest BCUT2D eigenvalue weighted by molar-refractivity contribution is 5.85. The van der Waals surface area contributed by atoms with E-state index >= 15 is 0 Å². The number of aromatic carboxylic acids is 1. The molecule has 1 aromatic rings. The van der Waals surface area contributed by atoms with Crippen LogP contribution in [-0.4, -0.2) is 20.9 Å². The summed E-state index contributed by atoms with van der Waals surface area (Å²) in [5.74, 6) is -0.626. The van der Waals surface area contributed by atoms with Crippen LogP contribution in [0.2, 0.25) is 0 Å². The Morgan fingerprint density at radius 1 is 1.56 bits per heavy atom. The van der Waals surface area contributed by atoms with Crippen LogP contribution in [0.4, 0.5) is 0 Å². The number of aromatic nitrogens is 2. The van der Waals surface area contributed by atoms with Crippen LogP contribution in [0.1, 0.15) is 63.1 Å². The minimum absolute atomic E-state index is 0.266. The minimum Gasteiger partial charge on any atom is -0.477 e. The van der Waals surface area contributed by atoms with Crippen LogP contribution in [0.15, 0.2) is 6.07 Å². The van der Waals surface area contributed by atoms with Crippen molar-refractivity contribution in [1.82, 2.24) is 9.78 Å². The van der Waals surface area contributed by atoms with Crippen molar-refractivity contribution in [1.29, 1.82) is 0 Å². The van der Waals surface area contributed by atoms with E-state index in [0.717, 1.165) is 12.1 Å². The molecule has 90 valence electrons. The van der Waals surface area contributed by atoms with Gasteiger partial charge >= 0.3 is 5.97 Å². The predicted octanol–water partition coefficient (Wildman–Crippen LogP) is 2.85. The van der Waals surface area contributed by atoms with Gasteiger partial charge in [0.2, 0.25) is 0 Å². The molecule has 1 N–H and O–H groups in total. The summed E-state index contributed by atoms with van der Waals surface area (Å²) in [4.78, 5) is 11.1. The molecule has 4 heteroatoms. The van der Waals surface area contributed by atoms with Gasteiger partial charge in [-0.15, -0.1) is 0 Å². The molecule has 0 bridgehead atoms. The van der Waals surface area contributed by atoms with E-state index in [0.29, 0.717) is 5.92 Å². The van der Waals surface area contributed by atoms with Crippen LogP contribution in [0.5, 0.6) is 0 Å². The van der Waals surface area contributed by atoms with E-state index < -0.39 is 5.97 Å². The zero-order chi connectivity index (χ0) is 12.5. The number of carboxylic acid groups (broad SMARTS) is 1. The third kappa shape index (κ3) is 2.43. The van der Waals surface area contributed by atoms with Crippen molar-refractivity contribution in [3.63, 3.8) is 0 Å². The summed E-state index contributed by atoms with van der Waals surface area (Å²) in [6, 6.07) is 1.68. The smallest absolute Gasteiger partial charge is 0.354 e. The molecular weight excluding hydrogens is 204 g/mol. The number of carbonyl (C=O) groups is 1. The van der Waals surface area contributed by atoms with Gasteiger partial charge in [-0.25, -0.2) is 4.79 Å². The quantitative estimate of drug-likeness (QED) is 0.858. The first kappa shape index (κ1) is 12.7. The van der Waals surface area contributed by atoms with Crippen molar-refractivity contribution in [2.24, 2.45) is 0 Å². The van der Waals surface area contributed by atoms with Crippen molar-refractivity contribution in [2.45, 2.75) is 52.5 Å². The van der Waals surface area contributed by atoms with Crippen LogP contribution in [-0.2, 0) is 5.54 Å². The molecule has 0 aliphatic carbocycles. The second kappa shape index (κ2) is 4.28. The number of carboxylic acids is 1. The van der Waals surface area contributed by atoms with Crippen molar-refractivity contribution >= 4 is 5.97 Å². The Hall–Kier alpha value is -1.32. The van der Waals surface area contributed by atoms with E-state index in [9.17, 15) is 4.79 Å². The van der Waals surface area contributed by atoms with Gasteiger partial charge in [0, 0.05) is 0 Å². The van der Waals surface area contributed by atoms with Gasteiger partial charge in [-0.3, -0.25) is 4.68 Å². The number of hydrogen-bond donors (Lipinski definition) is 1. The summed E-state index contributed by atoms with van der Waals surface area (Å²) >= 11 is 0. The molecule has 1 rings (SSSR count). The van der Waals surface area contributed by atoms with E-state index in [1.165, 1.54) is 0 Å². The molecule has 0 fully saturated rings. The van der Waals surface area contributed by atoms with Gasteiger partial charge in [0.15, 0.2) is 0 Å². The van der Waals surface area contributed by atoms with Gasteiger partial charge in [-0.2, -0.15) is 5.10 Å². The van der Waals surface area contributed by atoms with Gasteiger partial charge in [-0.05, 0) is 39.2 Å². The van der Waals surface area contributed by atoms with Gasteiger partial charge in [0.25, 0.3) is 0 Å². The zero-order valence-electron chi connectivity index (χ0n) is 10.6. The molecule has 0 saturated heterocycles. The fourth-order valence-corrected chi connectivity index (χ4v) is 1.51. The zero-order valence-corrected chi connectivity index (χ0v) is 10.6. The van der Waals surface area contributed by atoms with E-state index in [-0.39, 0.29) is 11.2 Å². The Morgan fingerprint density at radius 2 is 2.12 bits per heavy atom. The molecule has 0 aliphatic rings. The summed E-state index contributed by atoms with van der Waals surface area (Å²) in [5.41, 5.74) is 0.817. The summed E-state index contributed by atoms with van der Waals surface area (Å²) < 4.78 is 1.59. The molecule has 1 aromatic heterocycles. The lowest BCUT2D eigenvalue weighted by Crippen LogP contribution is -2.27. The SMILES string of the molecule is CCC(C)c1cc(C(=O)O)n(C(C)(C)C)n1. The first-order valence-corrected chi connectivity index (χ1v) is 5.61. The molecule has 0 radical (unpaired) electrons. The minimum atomic E-state index is -0.919. The average Bonchev–Trinajstić information content (AvgIpc) is 2.60. The lowest BCUT2D eigenvalue weighted by Gasteiger charge is -2.21. The molecular formula is C12H20N2O2. The molecule has 0 spiro atoms. The van der Waals surface area contributed by atoms with E-state index in [1.54, 1.807) is 10.7 Å². The van der Waals surface area contributed by atoms with Crippen LogP contribution >= 0.6 is 0 Å². The maximum atomic E-state index is 11.1. The summed E-state index contributed by atoms with van der Waals surface area (Å²) in [6.07, 6.45) is 0.959. The Labute approximate surface area is 96.3 Å². The molecule has 1 unspecified atom stereocenters. The number of nitrogens with zero attached hydrogens (tertiary/aromatic N) is 2. The Bertz CT molecular complexity index is 388. The summed E-state index contributed by atoms with van der Waals surface area (Å²) in [5, 5.41) is 13.5. The van der Waals surface area contributed by atoms with Gasteiger partial charge in [0.1, 0.15) is 5.69 Å². The standard InChI is InChI=1S/C12H20N2O2/c1-6-8(2)9-7-10(11(15)16)14(13-9)12(3,4)5/h7-8H,6H2,1-5H3,(H,15,16). The predicted molar refractivity (Wildman–Crippen MR) is 62.9 cm³/mol. The number of hydrogen-bond acceptors (Lipinski definition) is 2. The highest BCUT2D eigenvalue weighted by Gasteiger charge is 2.24. The topological polar surface area (TPSA) is 55.1 Å². The van der Waals surface area contributed by atoms with Crippen molar-refractivity contribution in [3.05, 3.63) is 17.5 Å². The second-order valence-corrected chi connectivity index (χ2v) is 5.15. The highest BCUT2D eigenvalue weighted by Crippen LogP contribution is 2.23. The molecule has 1 atom stereocenters. The van der Waals surface area contributed by atoms with Crippen LogP contribution in [0.3, 0.4) is 0 Å². The van der Waals surface area contributed by atoms with Crippen molar-refractivity contribution < 1.29 is 9.90 Å². The summed E-state index contributed by atoms with van der Waals surface area (Å²) in [7, 11) is 0. The maximum Gasteiger partial charge on any atom is 0.354 e. The van der Waals surface area contributed by atoms with Gasteiger partial charge in [0.05, 0.1) is 11.2 Å². The Balaban J connectivity index is 3.26. The lowest BCUT2D eigenvalue weighted by molar-refractivity contribution is 0.0675. The maximum absolute atomic E-state index is 11.1. The largest absolute Gasteiger partial charge is 0.477 e. The molecule has 4 nitrogen and oxygen atoms in total. The van der Waals surface area contributed by atoms with Crippen LogP contribution in [0, 0.1) is 0 Å².